The maximum absolute atomic E-state index is 12.8. The molecule has 0 spiro atoms. The van der Waals surface area contributed by atoms with Gasteiger partial charge in [-0.1, -0.05) is 42.5 Å². The van der Waals surface area contributed by atoms with Crippen LogP contribution in [0.3, 0.4) is 0 Å². The Labute approximate surface area is 188 Å². The van der Waals surface area contributed by atoms with Crippen molar-refractivity contribution >= 4 is 26.7 Å². The van der Waals surface area contributed by atoms with Crippen molar-refractivity contribution in [3.8, 4) is 5.75 Å². The van der Waals surface area contributed by atoms with Crippen molar-refractivity contribution in [2.75, 3.05) is 32.9 Å². The van der Waals surface area contributed by atoms with Gasteiger partial charge in [0.05, 0.1) is 18.1 Å². The van der Waals surface area contributed by atoms with E-state index in [4.69, 9.17) is 9.47 Å². The second-order valence-corrected chi connectivity index (χ2v) is 9.59. The van der Waals surface area contributed by atoms with Crippen molar-refractivity contribution in [2.24, 2.45) is 0 Å². The summed E-state index contributed by atoms with van der Waals surface area (Å²) in [6, 6.07) is 18.7. The van der Waals surface area contributed by atoms with E-state index in [0.29, 0.717) is 44.2 Å². The molecule has 0 radical (unpaired) electrons. The molecule has 1 fully saturated rings. The van der Waals surface area contributed by atoms with Gasteiger partial charge < -0.3 is 14.8 Å². The number of ether oxygens (including phenoxy) is 2. The van der Waals surface area contributed by atoms with Gasteiger partial charge >= 0.3 is 0 Å². The van der Waals surface area contributed by atoms with Gasteiger partial charge in [-0.05, 0) is 47.0 Å². The second-order valence-electron chi connectivity index (χ2n) is 7.65. The van der Waals surface area contributed by atoms with Gasteiger partial charge in [-0.15, -0.1) is 0 Å². The molecule has 1 heterocycles. The Morgan fingerprint density at radius 3 is 2.59 bits per heavy atom. The maximum atomic E-state index is 12.8. The van der Waals surface area contributed by atoms with Crippen LogP contribution in [-0.2, 0) is 26.1 Å². The molecule has 3 aromatic rings. The third-order valence-electron chi connectivity index (χ3n) is 5.47. The zero-order valence-electron chi connectivity index (χ0n) is 17.9. The highest BCUT2D eigenvalue weighted by molar-refractivity contribution is 7.89. The van der Waals surface area contributed by atoms with Gasteiger partial charge in [0.25, 0.3) is 5.91 Å². The summed E-state index contributed by atoms with van der Waals surface area (Å²) in [6.45, 7) is 3.50. The summed E-state index contributed by atoms with van der Waals surface area (Å²) in [5, 5.41) is 5.11. The van der Waals surface area contributed by atoms with Crippen molar-refractivity contribution < 1.29 is 22.7 Å². The van der Waals surface area contributed by atoms with Crippen LogP contribution >= 0.6 is 0 Å². The largest absolute Gasteiger partial charge is 0.484 e. The summed E-state index contributed by atoms with van der Waals surface area (Å²) in [5.41, 5.74) is 1.69. The topological polar surface area (TPSA) is 84.9 Å². The van der Waals surface area contributed by atoms with Gasteiger partial charge in [-0.3, -0.25) is 4.79 Å². The fourth-order valence-corrected chi connectivity index (χ4v) is 5.21. The minimum absolute atomic E-state index is 0.152. The maximum Gasteiger partial charge on any atom is 0.258 e. The third kappa shape index (κ3) is 4.93. The van der Waals surface area contributed by atoms with Crippen LogP contribution in [0, 0.1) is 6.92 Å². The van der Waals surface area contributed by atoms with Crippen molar-refractivity contribution in [3.05, 3.63) is 71.8 Å². The third-order valence-corrected chi connectivity index (χ3v) is 7.36. The Kier molecular flexibility index (Phi) is 6.74. The average molecular weight is 455 g/mol. The number of benzene rings is 3. The molecule has 7 nitrogen and oxygen atoms in total. The lowest BCUT2D eigenvalue weighted by molar-refractivity contribution is -0.123. The summed E-state index contributed by atoms with van der Waals surface area (Å²) >= 11 is 0. The lowest BCUT2D eigenvalue weighted by Gasteiger charge is -2.26. The minimum Gasteiger partial charge on any atom is -0.484 e. The van der Waals surface area contributed by atoms with Gasteiger partial charge in [0, 0.05) is 19.6 Å². The molecule has 0 atom stereocenters. The van der Waals surface area contributed by atoms with Crippen LogP contribution in [0.4, 0.5) is 0 Å². The number of sulfonamides is 1. The molecule has 1 aliphatic heterocycles. The Bertz CT molecular complexity index is 1210. The van der Waals surface area contributed by atoms with Gasteiger partial charge in [0.15, 0.2) is 6.61 Å². The number of rotatable bonds is 7. The molecule has 168 valence electrons. The molecule has 1 N–H and O–H groups in total. The second kappa shape index (κ2) is 9.68. The number of hydrogen-bond donors (Lipinski definition) is 1. The Hall–Kier alpha value is -2.94. The van der Waals surface area contributed by atoms with Crippen LogP contribution in [0.1, 0.15) is 11.1 Å². The normalized spacial score (nSPS) is 14.9. The van der Waals surface area contributed by atoms with Gasteiger partial charge in [-0.2, -0.15) is 4.31 Å². The van der Waals surface area contributed by atoms with E-state index in [2.05, 4.69) is 5.32 Å². The highest BCUT2D eigenvalue weighted by Crippen LogP contribution is 2.24. The highest BCUT2D eigenvalue weighted by Gasteiger charge is 2.26. The molecule has 8 heteroatoms. The molecule has 1 saturated heterocycles. The van der Waals surface area contributed by atoms with E-state index >= 15 is 0 Å². The number of carbonyl (C=O) groups is 1. The standard InChI is InChI=1S/C24H26N2O5S/c1-18-15-21(32(28,29)26-11-13-30-14-12-26)9-10-23(18)31-17-24(27)25-16-20-7-4-6-19-5-2-3-8-22(19)20/h2-10,15H,11-14,16-17H2,1H3,(H,25,27). The summed E-state index contributed by atoms with van der Waals surface area (Å²) in [6.07, 6.45) is 0. The molecule has 3 aromatic carbocycles. The molecule has 4 rings (SSSR count). The van der Waals surface area contributed by atoms with Crippen LogP contribution in [0.2, 0.25) is 0 Å². The lowest BCUT2D eigenvalue weighted by Crippen LogP contribution is -2.40. The number of hydrogen-bond acceptors (Lipinski definition) is 5. The molecule has 0 saturated carbocycles. The van der Waals surface area contributed by atoms with Gasteiger partial charge in [0.2, 0.25) is 10.0 Å². The van der Waals surface area contributed by atoms with Crippen LogP contribution in [0.25, 0.3) is 10.8 Å². The van der Waals surface area contributed by atoms with Crippen molar-refractivity contribution in [2.45, 2.75) is 18.4 Å². The first-order valence-electron chi connectivity index (χ1n) is 10.5. The van der Waals surface area contributed by atoms with E-state index in [0.717, 1.165) is 16.3 Å². The van der Waals surface area contributed by atoms with E-state index < -0.39 is 10.0 Å². The summed E-state index contributed by atoms with van der Waals surface area (Å²) in [7, 11) is -3.57. The van der Waals surface area contributed by atoms with E-state index in [9.17, 15) is 13.2 Å². The predicted molar refractivity (Wildman–Crippen MR) is 122 cm³/mol. The first-order valence-corrected chi connectivity index (χ1v) is 11.9. The molecular weight excluding hydrogens is 428 g/mol. The molecule has 0 aliphatic carbocycles. The lowest BCUT2D eigenvalue weighted by atomic mass is 10.0. The van der Waals surface area contributed by atoms with Crippen LogP contribution in [0.5, 0.6) is 5.75 Å². The van der Waals surface area contributed by atoms with E-state index in [1.54, 1.807) is 19.1 Å². The zero-order valence-corrected chi connectivity index (χ0v) is 18.7. The van der Waals surface area contributed by atoms with Gasteiger partial charge in [0.1, 0.15) is 5.75 Å². The van der Waals surface area contributed by atoms with Crippen LogP contribution < -0.4 is 10.1 Å². The monoisotopic (exact) mass is 454 g/mol. The molecule has 0 aromatic heterocycles. The fourth-order valence-electron chi connectivity index (χ4n) is 3.72. The average Bonchev–Trinajstić information content (AvgIpc) is 2.82. The van der Waals surface area contributed by atoms with E-state index in [1.165, 1.54) is 10.4 Å². The molecule has 1 amide bonds. The highest BCUT2D eigenvalue weighted by atomic mass is 32.2. The summed E-state index contributed by atoms with van der Waals surface area (Å²) < 4.78 is 37.9. The van der Waals surface area contributed by atoms with Crippen LogP contribution in [-0.4, -0.2) is 51.5 Å². The molecule has 32 heavy (non-hydrogen) atoms. The van der Waals surface area contributed by atoms with E-state index in [-0.39, 0.29) is 17.4 Å². The van der Waals surface area contributed by atoms with Crippen molar-refractivity contribution in [3.63, 3.8) is 0 Å². The molecular formula is C24H26N2O5S. The Morgan fingerprint density at radius 2 is 1.81 bits per heavy atom. The first-order chi connectivity index (χ1) is 15.4. The SMILES string of the molecule is Cc1cc(S(=O)(=O)N2CCOCC2)ccc1OCC(=O)NCc1cccc2ccccc12. The number of nitrogens with one attached hydrogen (secondary N) is 1. The first kappa shape index (κ1) is 22.3. The summed E-state index contributed by atoms with van der Waals surface area (Å²) in [4.78, 5) is 12.5. The Morgan fingerprint density at radius 1 is 1.06 bits per heavy atom. The number of carbonyl (C=O) groups excluding carboxylic acids is 1. The Balaban J connectivity index is 1.35. The minimum atomic E-state index is -3.57. The van der Waals surface area contributed by atoms with Crippen molar-refractivity contribution in [1.29, 1.82) is 0 Å². The van der Waals surface area contributed by atoms with Crippen LogP contribution in [0.15, 0.2) is 65.6 Å². The number of fused-ring (bicyclic) bond motifs is 1. The number of amides is 1. The quantitative estimate of drug-likeness (QED) is 0.593. The molecule has 0 bridgehead atoms. The number of morpholine rings is 1. The number of aryl methyl sites for hydroxylation is 1. The summed E-state index contributed by atoms with van der Waals surface area (Å²) in [5.74, 6) is 0.230. The predicted octanol–water partition coefficient (Wildman–Crippen LogP) is 2.86. The molecule has 1 aliphatic rings. The van der Waals surface area contributed by atoms with E-state index in [1.807, 2.05) is 42.5 Å². The van der Waals surface area contributed by atoms with Gasteiger partial charge in [-0.25, -0.2) is 8.42 Å². The molecule has 0 unspecified atom stereocenters. The fraction of sp³-hybridized carbons (Fsp3) is 0.292. The smallest absolute Gasteiger partial charge is 0.258 e. The zero-order chi connectivity index (χ0) is 22.6. The van der Waals surface area contributed by atoms with Crippen molar-refractivity contribution in [1.82, 2.24) is 9.62 Å². The number of nitrogens with zero attached hydrogens (tertiary/aromatic N) is 1.